The molecule has 0 bridgehead atoms. The van der Waals surface area contributed by atoms with Crippen molar-refractivity contribution in [2.45, 2.75) is 18.8 Å². The zero-order valence-electron chi connectivity index (χ0n) is 14.0. The molecule has 0 aliphatic heterocycles. The highest BCUT2D eigenvalue weighted by atomic mass is 32.1. The molecule has 1 aliphatic carbocycles. The van der Waals surface area contributed by atoms with Gasteiger partial charge in [-0.2, -0.15) is 5.10 Å². The van der Waals surface area contributed by atoms with Gasteiger partial charge >= 0.3 is 0 Å². The van der Waals surface area contributed by atoms with Gasteiger partial charge in [0, 0.05) is 12.5 Å². The third-order valence-electron chi connectivity index (χ3n) is 4.86. The van der Waals surface area contributed by atoms with Crippen LogP contribution in [0.15, 0.2) is 48.7 Å². The van der Waals surface area contributed by atoms with E-state index in [2.05, 4.69) is 10.1 Å². The second kappa shape index (κ2) is 6.06. The summed E-state index contributed by atoms with van der Waals surface area (Å²) in [7, 11) is 0. The van der Waals surface area contributed by atoms with Crippen LogP contribution >= 0.6 is 11.3 Å². The fourth-order valence-electron chi connectivity index (χ4n) is 3.60. The summed E-state index contributed by atoms with van der Waals surface area (Å²) < 4.78 is 30.0. The molecule has 5 rings (SSSR count). The number of halogens is 2. The molecule has 2 aromatic heterocycles. The van der Waals surface area contributed by atoms with Crippen LogP contribution < -0.4 is 0 Å². The number of carbonyl (C=O) groups excluding carboxylic acids is 1. The van der Waals surface area contributed by atoms with Crippen molar-refractivity contribution < 1.29 is 13.6 Å². The second-order valence-corrected chi connectivity index (χ2v) is 7.62. The number of hydrogen-bond donors (Lipinski definition) is 0. The zero-order valence-corrected chi connectivity index (χ0v) is 14.8. The third kappa shape index (κ3) is 2.75. The summed E-state index contributed by atoms with van der Waals surface area (Å²) in [6.45, 7) is 0. The summed E-state index contributed by atoms with van der Waals surface area (Å²) >= 11 is 1.49. The molecular formula is C20H13F2N3OS. The smallest absolute Gasteiger partial charge is 0.211 e. The summed E-state index contributed by atoms with van der Waals surface area (Å²) in [5.74, 6) is -1.64. The van der Waals surface area contributed by atoms with Gasteiger partial charge in [-0.1, -0.05) is 23.5 Å². The molecule has 0 saturated carbocycles. The molecule has 1 atom stereocenters. The van der Waals surface area contributed by atoms with Gasteiger partial charge in [0.15, 0.2) is 5.78 Å². The van der Waals surface area contributed by atoms with Crippen LogP contribution in [0.3, 0.4) is 0 Å². The lowest BCUT2D eigenvalue weighted by molar-refractivity contribution is 0.0963. The summed E-state index contributed by atoms with van der Waals surface area (Å²) in [4.78, 5) is 17.2. The standard InChI is InChI=1S/C20H13F2N3OS/c21-13-5-11(6-14(22)9-13)12-7-17-15(18(26)8-12)10-23-25(17)20-24-16-3-1-2-4-19(16)27-20/h1-6,9-10,12H,7-8H2/t12-/m0/s1. The van der Waals surface area contributed by atoms with Crippen molar-refractivity contribution in [3.05, 3.63) is 77.1 Å². The van der Waals surface area contributed by atoms with Crippen LogP contribution in [0.25, 0.3) is 15.3 Å². The Morgan fingerprint density at radius 1 is 1.07 bits per heavy atom. The van der Waals surface area contributed by atoms with Crippen LogP contribution in [0.5, 0.6) is 0 Å². The van der Waals surface area contributed by atoms with Gasteiger partial charge in [0.05, 0.1) is 27.7 Å². The zero-order chi connectivity index (χ0) is 18.5. The monoisotopic (exact) mass is 381 g/mol. The lowest BCUT2D eigenvalue weighted by Crippen LogP contribution is -2.20. The molecule has 27 heavy (non-hydrogen) atoms. The molecule has 4 nitrogen and oxygen atoms in total. The van der Waals surface area contributed by atoms with E-state index in [-0.39, 0.29) is 18.1 Å². The fraction of sp³-hybridized carbons (Fsp3) is 0.150. The number of carbonyl (C=O) groups is 1. The van der Waals surface area contributed by atoms with Crippen molar-refractivity contribution in [1.82, 2.24) is 14.8 Å². The van der Waals surface area contributed by atoms with Crippen molar-refractivity contribution in [3.8, 4) is 5.13 Å². The van der Waals surface area contributed by atoms with Crippen LogP contribution in [-0.4, -0.2) is 20.5 Å². The van der Waals surface area contributed by atoms with E-state index in [9.17, 15) is 13.6 Å². The Morgan fingerprint density at radius 2 is 1.85 bits per heavy atom. The van der Waals surface area contributed by atoms with Crippen molar-refractivity contribution in [3.63, 3.8) is 0 Å². The first kappa shape index (κ1) is 16.3. The van der Waals surface area contributed by atoms with Crippen LogP contribution in [0.4, 0.5) is 8.78 Å². The molecule has 2 aromatic carbocycles. The number of thiazole rings is 1. The summed E-state index contributed by atoms with van der Waals surface area (Å²) in [6, 6.07) is 11.2. The molecule has 0 N–H and O–H groups in total. The molecule has 0 saturated heterocycles. The lowest BCUT2D eigenvalue weighted by Gasteiger charge is -2.22. The highest BCUT2D eigenvalue weighted by molar-refractivity contribution is 7.20. The van der Waals surface area contributed by atoms with Crippen LogP contribution in [-0.2, 0) is 6.42 Å². The average molecular weight is 381 g/mol. The van der Waals surface area contributed by atoms with Gasteiger partial charge in [0.2, 0.25) is 5.13 Å². The topological polar surface area (TPSA) is 47.8 Å². The fourth-order valence-corrected chi connectivity index (χ4v) is 4.55. The number of benzene rings is 2. The van der Waals surface area contributed by atoms with Gasteiger partial charge in [-0.15, -0.1) is 0 Å². The molecule has 7 heteroatoms. The van der Waals surface area contributed by atoms with E-state index in [0.29, 0.717) is 22.7 Å². The maximum atomic E-state index is 13.6. The first-order chi connectivity index (χ1) is 13.1. The summed E-state index contributed by atoms with van der Waals surface area (Å²) in [6.07, 6.45) is 2.24. The Morgan fingerprint density at radius 3 is 2.63 bits per heavy atom. The van der Waals surface area contributed by atoms with Gasteiger partial charge in [0.1, 0.15) is 11.6 Å². The maximum absolute atomic E-state index is 13.6. The average Bonchev–Trinajstić information content (AvgIpc) is 3.24. The van der Waals surface area contributed by atoms with E-state index in [4.69, 9.17) is 0 Å². The molecule has 0 amide bonds. The first-order valence-electron chi connectivity index (χ1n) is 8.50. The SMILES string of the molecule is O=C1C[C@@H](c2cc(F)cc(F)c2)Cc2c1cnn2-c1nc2ccccc2s1. The van der Waals surface area contributed by atoms with Crippen molar-refractivity contribution in [2.24, 2.45) is 0 Å². The molecule has 134 valence electrons. The normalized spacial score (nSPS) is 16.7. The van der Waals surface area contributed by atoms with Crippen LogP contribution in [0.1, 0.15) is 34.0 Å². The minimum absolute atomic E-state index is 0.0710. The number of aromatic nitrogens is 3. The minimum atomic E-state index is -0.636. The van der Waals surface area contributed by atoms with Gasteiger partial charge in [0.25, 0.3) is 0 Å². The highest BCUT2D eigenvalue weighted by Crippen LogP contribution is 2.35. The number of para-hydroxylation sites is 1. The van der Waals surface area contributed by atoms with E-state index >= 15 is 0 Å². The van der Waals surface area contributed by atoms with Gasteiger partial charge in [-0.25, -0.2) is 18.4 Å². The van der Waals surface area contributed by atoms with Crippen LogP contribution in [0, 0.1) is 11.6 Å². The largest absolute Gasteiger partial charge is 0.294 e. The van der Waals surface area contributed by atoms with E-state index in [1.807, 2.05) is 24.3 Å². The number of Topliss-reactive ketones (excluding diaryl/α,β-unsaturated/α-hetero) is 1. The Hall–Kier alpha value is -2.93. The van der Waals surface area contributed by atoms with Gasteiger partial charge < -0.3 is 0 Å². The Labute approximate surface area is 157 Å². The number of hydrogen-bond acceptors (Lipinski definition) is 4. The highest BCUT2D eigenvalue weighted by Gasteiger charge is 2.31. The molecule has 4 aromatic rings. The quantitative estimate of drug-likeness (QED) is 0.507. The van der Waals surface area contributed by atoms with Crippen molar-refractivity contribution >= 4 is 27.3 Å². The van der Waals surface area contributed by atoms with Gasteiger partial charge in [-0.05, 0) is 42.2 Å². The number of fused-ring (bicyclic) bond motifs is 2. The second-order valence-electron chi connectivity index (χ2n) is 6.61. The first-order valence-corrected chi connectivity index (χ1v) is 9.32. The Kier molecular flexibility index (Phi) is 3.65. The van der Waals surface area contributed by atoms with E-state index in [1.165, 1.54) is 23.5 Å². The van der Waals surface area contributed by atoms with Crippen LogP contribution in [0.2, 0.25) is 0 Å². The summed E-state index contributed by atoms with van der Waals surface area (Å²) in [5.41, 5.74) is 2.65. The lowest BCUT2D eigenvalue weighted by atomic mass is 9.82. The molecule has 0 fully saturated rings. The van der Waals surface area contributed by atoms with E-state index in [0.717, 1.165) is 22.0 Å². The molecule has 2 heterocycles. The molecular weight excluding hydrogens is 368 g/mol. The molecule has 1 aliphatic rings. The Bertz CT molecular complexity index is 1140. The molecule has 0 radical (unpaired) electrons. The van der Waals surface area contributed by atoms with E-state index in [1.54, 1.807) is 10.9 Å². The van der Waals surface area contributed by atoms with Crippen molar-refractivity contribution in [2.75, 3.05) is 0 Å². The maximum Gasteiger partial charge on any atom is 0.211 e. The molecule has 0 unspecified atom stereocenters. The van der Waals surface area contributed by atoms with Crippen molar-refractivity contribution in [1.29, 1.82) is 0 Å². The summed E-state index contributed by atoms with van der Waals surface area (Å²) in [5, 5.41) is 5.05. The van der Waals surface area contributed by atoms with Gasteiger partial charge in [-0.3, -0.25) is 4.79 Å². The predicted molar refractivity (Wildman–Crippen MR) is 98.5 cm³/mol. The Balaban J connectivity index is 1.58. The number of rotatable bonds is 2. The molecule has 0 spiro atoms. The third-order valence-corrected chi connectivity index (χ3v) is 5.87. The number of ketones is 1. The number of nitrogens with zero attached hydrogens (tertiary/aromatic N) is 3. The predicted octanol–water partition coefficient (Wildman–Crippen LogP) is 4.67. The van der Waals surface area contributed by atoms with E-state index < -0.39 is 11.6 Å². The minimum Gasteiger partial charge on any atom is -0.294 e.